The van der Waals surface area contributed by atoms with Gasteiger partial charge in [-0.3, -0.25) is 33.7 Å². The van der Waals surface area contributed by atoms with Crippen molar-refractivity contribution in [3.05, 3.63) is 30.1 Å². The van der Waals surface area contributed by atoms with Crippen molar-refractivity contribution in [2.45, 2.75) is 162 Å². The van der Waals surface area contributed by atoms with Gasteiger partial charge in [0.1, 0.15) is 47.6 Å². The highest BCUT2D eigenvalue weighted by atomic mass is 16.6. The van der Waals surface area contributed by atoms with Crippen LogP contribution in [0.25, 0.3) is 22.5 Å². The van der Waals surface area contributed by atoms with Crippen LogP contribution in [0.4, 0.5) is 4.79 Å². The lowest BCUT2D eigenvalue weighted by Crippen LogP contribution is -2.58. The fourth-order valence-corrected chi connectivity index (χ4v) is 8.41. The fourth-order valence-electron chi connectivity index (χ4n) is 8.41. The van der Waals surface area contributed by atoms with Gasteiger partial charge in [-0.05, 0) is 109 Å². The molecule has 69 heavy (non-hydrogen) atoms. The maximum atomic E-state index is 14.9. The fraction of sp³-hybridized carbons (Fsp3) is 0.638. The number of likely N-dealkylation sites (N-methyl/N-ethyl adjacent to an activating group) is 2. The van der Waals surface area contributed by atoms with Gasteiger partial charge in [-0.1, -0.05) is 38.1 Å². The molecule has 0 spiro atoms. The summed E-state index contributed by atoms with van der Waals surface area (Å²) in [4.78, 5) is 99.3. The summed E-state index contributed by atoms with van der Waals surface area (Å²) >= 11 is 0. The number of hydrogen-bond acceptors (Lipinski definition) is 13. The Bertz CT molecular complexity index is 2320. The molecule has 7 amide bonds. The van der Waals surface area contributed by atoms with Gasteiger partial charge in [0.25, 0.3) is 0 Å². The first-order chi connectivity index (χ1) is 32.6. The van der Waals surface area contributed by atoms with Crippen LogP contribution < -0.4 is 36.6 Å². The van der Waals surface area contributed by atoms with E-state index in [1.165, 1.54) is 33.0 Å². The van der Waals surface area contributed by atoms with Gasteiger partial charge in [0.2, 0.25) is 35.4 Å². The van der Waals surface area contributed by atoms with Crippen molar-refractivity contribution in [2.75, 3.05) is 21.2 Å². The molecular formula is C47H71N13O9. The van der Waals surface area contributed by atoms with Crippen LogP contribution in [0, 0.1) is 11.8 Å². The maximum absolute atomic E-state index is 14.9. The van der Waals surface area contributed by atoms with E-state index in [0.717, 1.165) is 0 Å². The molecule has 378 valence electrons. The van der Waals surface area contributed by atoms with E-state index in [0.29, 0.717) is 73.5 Å². The summed E-state index contributed by atoms with van der Waals surface area (Å²) in [5.74, 6) is -3.47. The Morgan fingerprint density at radius 2 is 1.41 bits per heavy atom. The third-order valence-corrected chi connectivity index (χ3v) is 12.0. The molecule has 0 saturated heterocycles. The molecule has 0 saturated carbocycles. The summed E-state index contributed by atoms with van der Waals surface area (Å²) in [5, 5.41) is 34.0. The summed E-state index contributed by atoms with van der Waals surface area (Å²) < 4.78 is 15.1. The van der Waals surface area contributed by atoms with Gasteiger partial charge in [0.05, 0.1) is 30.9 Å². The number of amides is 7. The maximum Gasteiger partial charge on any atom is 0.410 e. The largest absolute Gasteiger partial charge is 0.495 e. The van der Waals surface area contributed by atoms with E-state index < -0.39 is 83.4 Å². The molecule has 0 unspecified atom stereocenters. The summed E-state index contributed by atoms with van der Waals surface area (Å²) in [7, 11) is 4.47. The zero-order chi connectivity index (χ0) is 50.7. The zero-order valence-corrected chi connectivity index (χ0v) is 41.8. The lowest BCUT2D eigenvalue weighted by atomic mass is 9.94. The number of nitrogens with zero attached hydrogens (tertiary/aromatic N) is 7. The van der Waals surface area contributed by atoms with Crippen molar-refractivity contribution in [3.8, 4) is 28.3 Å². The normalized spacial score (nSPS) is 21.4. The van der Waals surface area contributed by atoms with Gasteiger partial charge in [-0.25, -0.2) is 14.2 Å². The molecule has 2 aliphatic heterocycles. The van der Waals surface area contributed by atoms with E-state index in [1.807, 2.05) is 27.7 Å². The average Bonchev–Trinajstić information content (AvgIpc) is 3.96. The van der Waals surface area contributed by atoms with E-state index in [-0.39, 0.29) is 36.7 Å². The van der Waals surface area contributed by atoms with Crippen molar-refractivity contribution in [3.63, 3.8) is 0 Å². The van der Waals surface area contributed by atoms with Crippen molar-refractivity contribution < 1.29 is 43.0 Å². The van der Waals surface area contributed by atoms with Crippen molar-refractivity contribution in [1.29, 1.82) is 0 Å². The summed E-state index contributed by atoms with van der Waals surface area (Å²) in [6, 6.07) is -3.54. The molecule has 0 radical (unpaired) electrons. The molecule has 0 aliphatic carbocycles. The Hall–Kier alpha value is -6.61. The Labute approximate surface area is 403 Å². The molecule has 3 bridgehead atoms. The highest BCUT2D eigenvalue weighted by Crippen LogP contribution is 2.41. The average molecular weight is 962 g/mol. The van der Waals surface area contributed by atoms with Gasteiger partial charge < -0.3 is 41.4 Å². The van der Waals surface area contributed by atoms with E-state index in [4.69, 9.17) is 9.47 Å². The Morgan fingerprint density at radius 3 is 1.94 bits per heavy atom. The van der Waals surface area contributed by atoms with Gasteiger partial charge in [0, 0.05) is 38.3 Å². The predicted molar refractivity (Wildman–Crippen MR) is 254 cm³/mol. The minimum absolute atomic E-state index is 0.0179. The second kappa shape index (κ2) is 23.6. The number of rotatable bonds is 9. The standard InChI is InChI=1S/C47H71N13O9/c1-26(2)20-34-43(64)52-32(41(62)48-9)16-12-14-18-59-36(24-49-56-59)30-22-29-23-31(39(30)68-11)37-25-50-57-60(37)19-15-13-17-33(42(63)51-28(5)40(61)55-38(29)45(66)54-34)53-44(65)35(21-27(3)4)58(10)46(67)69-47(6,7)8/h22-28,32-35,38H,12-21H2,1-11H3,(H,48,62)(H,51,63)(H,52,64)(H,53,65)(H,54,66)(H,55,61)/t28-,32-,33+,34+,35+,38-/m0/s1. The quantitative estimate of drug-likeness (QED) is 0.180. The second-order valence-electron chi connectivity index (χ2n) is 19.7. The number of aryl methyl sites for hydroxylation is 2. The first-order valence-electron chi connectivity index (χ1n) is 23.8. The molecule has 4 heterocycles. The highest BCUT2D eigenvalue weighted by Gasteiger charge is 2.37. The minimum atomic E-state index is -1.50. The topological polar surface area (TPSA) is 275 Å². The zero-order valence-electron chi connectivity index (χ0n) is 41.8. The van der Waals surface area contributed by atoms with Gasteiger partial charge in [-0.2, -0.15) is 0 Å². The Kier molecular flexibility index (Phi) is 18.2. The number of ether oxygens (including phenoxy) is 2. The number of aromatic nitrogens is 6. The van der Waals surface area contributed by atoms with E-state index in [9.17, 15) is 33.6 Å². The molecule has 2 aromatic heterocycles. The van der Waals surface area contributed by atoms with Crippen LogP contribution in [-0.4, -0.2) is 133 Å². The molecule has 6 N–H and O–H groups in total. The number of hydrogen-bond donors (Lipinski definition) is 6. The molecule has 22 heteroatoms. The number of fused-ring (bicyclic) bond motifs is 6. The van der Waals surface area contributed by atoms with Gasteiger partial charge in [0.15, 0.2) is 0 Å². The van der Waals surface area contributed by atoms with Crippen LogP contribution in [0.5, 0.6) is 5.75 Å². The summed E-state index contributed by atoms with van der Waals surface area (Å²) in [6.45, 7) is 14.9. The van der Waals surface area contributed by atoms with E-state index in [1.54, 1.807) is 54.7 Å². The van der Waals surface area contributed by atoms with Crippen molar-refractivity contribution in [1.82, 2.24) is 66.8 Å². The summed E-state index contributed by atoms with van der Waals surface area (Å²) in [6.07, 6.45) is 5.32. The van der Waals surface area contributed by atoms with Crippen LogP contribution in [0.3, 0.4) is 0 Å². The molecule has 1 aromatic carbocycles. The van der Waals surface area contributed by atoms with Crippen LogP contribution in [0.2, 0.25) is 0 Å². The van der Waals surface area contributed by atoms with Crippen LogP contribution in [-0.2, 0) is 46.6 Å². The molecule has 5 rings (SSSR count). The highest BCUT2D eigenvalue weighted by molar-refractivity contribution is 5.98. The van der Waals surface area contributed by atoms with Gasteiger partial charge >= 0.3 is 6.09 Å². The number of methoxy groups -OCH3 is 1. The van der Waals surface area contributed by atoms with E-state index >= 15 is 0 Å². The minimum Gasteiger partial charge on any atom is -0.495 e. The molecule has 3 aromatic rings. The number of benzene rings is 1. The molecule has 2 aliphatic rings. The molecule has 22 nitrogen and oxygen atoms in total. The predicted octanol–water partition coefficient (Wildman–Crippen LogP) is 2.77. The summed E-state index contributed by atoms with van der Waals surface area (Å²) in [5.41, 5.74) is 1.46. The van der Waals surface area contributed by atoms with E-state index in [2.05, 4.69) is 52.5 Å². The Morgan fingerprint density at radius 1 is 0.812 bits per heavy atom. The Balaban J connectivity index is 1.62. The number of carbonyl (C=O) groups is 7. The molecular weight excluding hydrogens is 891 g/mol. The van der Waals surface area contributed by atoms with Crippen molar-refractivity contribution in [2.24, 2.45) is 11.8 Å². The van der Waals surface area contributed by atoms with Gasteiger partial charge in [-0.15, -0.1) is 10.2 Å². The third kappa shape index (κ3) is 14.0. The molecule has 0 fully saturated rings. The second-order valence-corrected chi connectivity index (χ2v) is 19.7. The van der Waals surface area contributed by atoms with Crippen LogP contribution in [0.1, 0.15) is 118 Å². The number of nitrogens with one attached hydrogen (secondary N) is 6. The van der Waals surface area contributed by atoms with Crippen molar-refractivity contribution >= 4 is 41.5 Å². The van der Waals surface area contributed by atoms with Crippen LogP contribution >= 0.6 is 0 Å². The monoisotopic (exact) mass is 962 g/mol. The lowest BCUT2D eigenvalue weighted by molar-refractivity contribution is -0.135. The first-order valence-corrected chi connectivity index (χ1v) is 23.8. The third-order valence-electron chi connectivity index (χ3n) is 12.0. The lowest BCUT2D eigenvalue weighted by Gasteiger charge is -2.32. The SMILES string of the molecule is CNC(=O)[C@@H]1CCCCn2nncc2-c2cc3cc(c2OC)-c2cnnn2CCCC[C@@H](NC(=O)[C@@H](CC(C)C)N(C)C(=O)OC(C)(C)C)C(=O)N[C@@H](C)C(=O)N[C@@H]3C(=O)N[C@H](CC(C)C)C(=O)N1. The first kappa shape index (κ1) is 53.3. The number of carbonyl (C=O) groups excluding carboxylic acids is 7. The molecule has 6 atom stereocenters. The smallest absolute Gasteiger partial charge is 0.410 e. The van der Waals surface area contributed by atoms with Crippen LogP contribution in [0.15, 0.2) is 24.5 Å².